The van der Waals surface area contributed by atoms with Gasteiger partial charge in [0.1, 0.15) is 18.3 Å². The van der Waals surface area contributed by atoms with Crippen LogP contribution in [-0.2, 0) is 14.2 Å². The number of imide groups is 1. The summed E-state index contributed by atoms with van der Waals surface area (Å²) in [6.07, 6.45) is -4.06. The van der Waals surface area contributed by atoms with E-state index >= 15 is 0 Å². The van der Waals surface area contributed by atoms with Crippen LogP contribution in [0.5, 0.6) is 0 Å². The van der Waals surface area contributed by atoms with Crippen LogP contribution in [0.4, 0.5) is 0 Å². The van der Waals surface area contributed by atoms with Gasteiger partial charge in [-0.1, -0.05) is 12.1 Å². The molecule has 0 bridgehead atoms. The Morgan fingerprint density at radius 1 is 1.12 bits per heavy atom. The number of nitrogens with zero attached hydrogens (tertiary/aromatic N) is 1. The van der Waals surface area contributed by atoms with Crippen molar-refractivity contribution in [3.8, 4) is 0 Å². The minimum atomic E-state index is -1.13. The maximum Gasteiger partial charge on any atom is 0.261 e. The SMILES string of the molecule is CO[C@@H]1O[C@@H](C)[C@H](O)[C@@H](OCCCN2C(=O)c3ccccc3C2=O)[C@H]1O. The topological polar surface area (TPSA) is 106 Å². The third-order valence-corrected chi connectivity index (χ3v) is 4.73. The summed E-state index contributed by atoms with van der Waals surface area (Å²) in [5.74, 6) is -0.630. The molecule has 0 radical (unpaired) electrons. The van der Waals surface area contributed by atoms with E-state index in [0.29, 0.717) is 17.5 Å². The molecule has 0 spiro atoms. The molecule has 8 nitrogen and oxygen atoms in total. The summed E-state index contributed by atoms with van der Waals surface area (Å²) in [5.41, 5.74) is 0.816. The van der Waals surface area contributed by atoms with E-state index in [1.165, 1.54) is 12.0 Å². The lowest BCUT2D eigenvalue weighted by molar-refractivity contribution is -0.293. The number of ether oxygens (including phenoxy) is 3. The van der Waals surface area contributed by atoms with Crippen LogP contribution in [0.25, 0.3) is 0 Å². The van der Waals surface area contributed by atoms with Crippen molar-refractivity contribution in [2.24, 2.45) is 0 Å². The molecule has 1 saturated heterocycles. The number of carbonyl (C=O) groups is 2. The summed E-state index contributed by atoms with van der Waals surface area (Å²) in [7, 11) is 1.40. The first kappa shape index (κ1) is 18.9. The second-order valence-electron chi connectivity index (χ2n) is 6.42. The fraction of sp³-hybridized carbons (Fsp3) is 0.556. The number of methoxy groups -OCH3 is 1. The standard InChI is InChI=1S/C18H23NO7/c1-10-13(20)15(14(21)18(24-2)26-10)25-9-5-8-19-16(22)11-6-3-4-7-12(11)17(19)23/h3-4,6-7,10,13-15,18,20-21H,5,8-9H2,1-2H3/t10-,13-,14+,15+,18+/m0/s1. The van der Waals surface area contributed by atoms with Crippen LogP contribution in [0.15, 0.2) is 24.3 Å². The molecule has 0 unspecified atom stereocenters. The normalized spacial score (nSPS) is 31.4. The van der Waals surface area contributed by atoms with E-state index in [1.807, 2.05) is 0 Å². The molecule has 2 heterocycles. The molecule has 5 atom stereocenters. The van der Waals surface area contributed by atoms with Crippen molar-refractivity contribution in [1.29, 1.82) is 0 Å². The third kappa shape index (κ3) is 3.38. The van der Waals surface area contributed by atoms with Gasteiger partial charge in [-0.3, -0.25) is 14.5 Å². The van der Waals surface area contributed by atoms with Gasteiger partial charge < -0.3 is 24.4 Å². The highest BCUT2D eigenvalue weighted by molar-refractivity contribution is 6.21. The molecule has 1 fully saturated rings. The highest BCUT2D eigenvalue weighted by Gasteiger charge is 2.43. The van der Waals surface area contributed by atoms with Crippen LogP contribution in [0.3, 0.4) is 0 Å². The number of rotatable bonds is 6. The van der Waals surface area contributed by atoms with Crippen LogP contribution in [0, 0.1) is 0 Å². The lowest BCUT2D eigenvalue weighted by atomic mass is 10.00. The molecule has 0 aromatic heterocycles. The van der Waals surface area contributed by atoms with Gasteiger partial charge in [-0.25, -0.2) is 0 Å². The molecule has 3 rings (SSSR count). The zero-order valence-electron chi connectivity index (χ0n) is 14.7. The average Bonchev–Trinajstić information content (AvgIpc) is 2.89. The summed E-state index contributed by atoms with van der Waals surface area (Å²) in [5, 5.41) is 20.3. The second kappa shape index (κ2) is 7.81. The lowest BCUT2D eigenvalue weighted by Crippen LogP contribution is -2.58. The maximum absolute atomic E-state index is 12.3. The van der Waals surface area contributed by atoms with E-state index in [0.717, 1.165) is 0 Å². The molecule has 0 saturated carbocycles. The second-order valence-corrected chi connectivity index (χ2v) is 6.42. The first-order chi connectivity index (χ1) is 12.5. The largest absolute Gasteiger partial charge is 0.388 e. The Bertz CT molecular complexity index is 644. The summed E-state index contributed by atoms with van der Waals surface area (Å²) >= 11 is 0. The van der Waals surface area contributed by atoms with Crippen LogP contribution < -0.4 is 0 Å². The molecule has 1 aromatic carbocycles. The van der Waals surface area contributed by atoms with E-state index in [9.17, 15) is 19.8 Å². The average molecular weight is 365 g/mol. The summed E-state index contributed by atoms with van der Waals surface area (Å²) in [6, 6.07) is 6.70. The van der Waals surface area contributed by atoms with Gasteiger partial charge in [-0.2, -0.15) is 0 Å². The number of hydrogen-bond donors (Lipinski definition) is 2. The Kier molecular flexibility index (Phi) is 5.69. The van der Waals surface area contributed by atoms with Crippen LogP contribution >= 0.6 is 0 Å². The fourth-order valence-corrected chi connectivity index (χ4v) is 3.27. The molecule has 142 valence electrons. The van der Waals surface area contributed by atoms with Crippen molar-refractivity contribution in [2.75, 3.05) is 20.3 Å². The Hall–Kier alpha value is -1.84. The van der Waals surface area contributed by atoms with E-state index in [2.05, 4.69) is 0 Å². The molecule has 2 aliphatic rings. The molecule has 1 aromatic rings. The van der Waals surface area contributed by atoms with E-state index in [-0.39, 0.29) is 25.0 Å². The Labute approximate surface area is 151 Å². The number of aliphatic hydroxyl groups is 2. The van der Waals surface area contributed by atoms with E-state index in [4.69, 9.17) is 14.2 Å². The number of benzene rings is 1. The minimum Gasteiger partial charge on any atom is -0.388 e. The van der Waals surface area contributed by atoms with Crippen LogP contribution in [0.2, 0.25) is 0 Å². The smallest absolute Gasteiger partial charge is 0.261 e. The number of carbonyl (C=O) groups excluding carboxylic acids is 2. The van der Waals surface area contributed by atoms with Gasteiger partial charge in [0, 0.05) is 20.3 Å². The molecule has 8 heteroatoms. The van der Waals surface area contributed by atoms with E-state index in [1.54, 1.807) is 31.2 Å². The Morgan fingerprint density at radius 3 is 2.31 bits per heavy atom. The molecular weight excluding hydrogens is 342 g/mol. The molecule has 26 heavy (non-hydrogen) atoms. The van der Waals surface area contributed by atoms with Crippen molar-refractivity contribution in [2.45, 2.75) is 44.1 Å². The van der Waals surface area contributed by atoms with Crippen LogP contribution in [-0.4, -0.2) is 77.9 Å². The zero-order chi connectivity index (χ0) is 18.8. The Balaban J connectivity index is 1.53. The molecule has 2 aliphatic heterocycles. The summed E-state index contributed by atoms with van der Waals surface area (Å²) < 4.78 is 16.0. The maximum atomic E-state index is 12.3. The van der Waals surface area contributed by atoms with E-state index < -0.39 is 30.7 Å². The van der Waals surface area contributed by atoms with Crippen molar-refractivity contribution in [3.05, 3.63) is 35.4 Å². The van der Waals surface area contributed by atoms with Gasteiger partial charge in [0.2, 0.25) is 0 Å². The quantitative estimate of drug-likeness (QED) is 0.547. The van der Waals surface area contributed by atoms with Crippen molar-refractivity contribution >= 4 is 11.8 Å². The first-order valence-corrected chi connectivity index (χ1v) is 8.57. The van der Waals surface area contributed by atoms with Crippen molar-refractivity contribution < 1.29 is 34.0 Å². The van der Waals surface area contributed by atoms with Crippen molar-refractivity contribution in [3.63, 3.8) is 0 Å². The minimum absolute atomic E-state index is 0.162. The highest BCUT2D eigenvalue weighted by atomic mass is 16.7. The van der Waals surface area contributed by atoms with Gasteiger partial charge in [-0.15, -0.1) is 0 Å². The first-order valence-electron chi connectivity index (χ1n) is 8.57. The number of aliphatic hydroxyl groups excluding tert-OH is 2. The molecule has 2 N–H and O–H groups in total. The lowest BCUT2D eigenvalue weighted by Gasteiger charge is -2.40. The van der Waals surface area contributed by atoms with Crippen LogP contribution in [0.1, 0.15) is 34.1 Å². The fourth-order valence-electron chi connectivity index (χ4n) is 3.27. The van der Waals surface area contributed by atoms with Gasteiger partial charge in [0.25, 0.3) is 11.8 Å². The third-order valence-electron chi connectivity index (χ3n) is 4.73. The van der Waals surface area contributed by atoms with Gasteiger partial charge in [0.15, 0.2) is 6.29 Å². The van der Waals surface area contributed by atoms with Gasteiger partial charge >= 0.3 is 0 Å². The predicted molar refractivity (Wildman–Crippen MR) is 89.5 cm³/mol. The predicted octanol–water partition coefficient (Wildman–Crippen LogP) is 0.171. The van der Waals surface area contributed by atoms with Crippen molar-refractivity contribution in [1.82, 2.24) is 4.90 Å². The number of amides is 2. The van der Waals surface area contributed by atoms with Gasteiger partial charge in [0.05, 0.1) is 17.2 Å². The molecule has 0 aliphatic carbocycles. The molecular formula is C18H23NO7. The summed E-state index contributed by atoms with van der Waals surface area (Å²) in [4.78, 5) is 25.8. The highest BCUT2D eigenvalue weighted by Crippen LogP contribution is 2.25. The number of hydrogen-bond acceptors (Lipinski definition) is 7. The number of fused-ring (bicyclic) bond motifs is 1. The monoisotopic (exact) mass is 365 g/mol. The summed E-state index contributed by atoms with van der Waals surface area (Å²) in [6.45, 7) is 2.03. The zero-order valence-corrected chi connectivity index (χ0v) is 14.7. The van der Waals surface area contributed by atoms with Gasteiger partial charge in [-0.05, 0) is 25.5 Å². The Morgan fingerprint density at radius 2 is 1.73 bits per heavy atom. The molecule has 2 amide bonds.